The molecule has 0 saturated carbocycles. The molecule has 0 fully saturated rings. The minimum absolute atomic E-state index is 0.427. The van der Waals surface area contributed by atoms with Crippen LogP contribution in [0.3, 0.4) is 0 Å². The Morgan fingerprint density at radius 1 is 1.31 bits per heavy atom. The fourth-order valence-electron chi connectivity index (χ4n) is 0.873. The molecular formula is C7H13F3NOSn. The summed E-state index contributed by atoms with van der Waals surface area (Å²) in [5, 5.41) is 0. The van der Waals surface area contributed by atoms with Crippen LogP contribution >= 0.6 is 0 Å². The van der Waals surface area contributed by atoms with Crippen LogP contribution in [0.2, 0.25) is 0 Å². The first-order chi connectivity index (χ1) is 5.66. The number of likely N-dealkylation sites (N-methyl/N-ethyl adjacent to an activating group) is 1. The van der Waals surface area contributed by atoms with Crippen molar-refractivity contribution in [3.05, 3.63) is 0 Å². The normalized spacial score (nSPS) is 20.1. The van der Waals surface area contributed by atoms with Gasteiger partial charge in [-0.25, -0.2) is 0 Å². The summed E-state index contributed by atoms with van der Waals surface area (Å²) in [5.74, 6) is 0. The van der Waals surface area contributed by atoms with Gasteiger partial charge >= 0.3 is 89.8 Å². The molecule has 0 saturated heterocycles. The van der Waals surface area contributed by atoms with E-state index < -0.39 is 17.8 Å². The molecular weight excluding hydrogens is 290 g/mol. The van der Waals surface area contributed by atoms with Crippen molar-refractivity contribution in [2.45, 2.75) is 31.7 Å². The van der Waals surface area contributed by atoms with Gasteiger partial charge in [0.1, 0.15) is 0 Å². The molecule has 2 nitrogen and oxygen atoms in total. The van der Waals surface area contributed by atoms with Crippen molar-refractivity contribution >= 4 is 22.9 Å². The molecule has 0 aliphatic heterocycles. The van der Waals surface area contributed by atoms with Gasteiger partial charge in [0.15, 0.2) is 0 Å². The summed E-state index contributed by atoms with van der Waals surface area (Å²) >= 11 is 0.427. The van der Waals surface area contributed by atoms with Gasteiger partial charge in [-0.15, -0.1) is 0 Å². The van der Waals surface area contributed by atoms with Gasteiger partial charge in [-0.05, 0) is 0 Å². The van der Waals surface area contributed by atoms with Gasteiger partial charge in [0, 0.05) is 0 Å². The van der Waals surface area contributed by atoms with E-state index in [4.69, 9.17) is 0 Å². The Morgan fingerprint density at radius 2 is 1.69 bits per heavy atom. The van der Waals surface area contributed by atoms with Crippen molar-refractivity contribution in [1.82, 2.24) is 4.90 Å². The number of hydrogen-bond acceptors (Lipinski definition) is 2. The molecule has 0 aromatic carbocycles. The second kappa shape index (κ2) is 4.35. The topological polar surface area (TPSA) is 12.5 Å². The summed E-state index contributed by atoms with van der Waals surface area (Å²) in [6.45, 7) is 2.57. The van der Waals surface area contributed by atoms with Crippen LogP contribution in [0.25, 0.3) is 0 Å². The third-order valence-corrected chi connectivity index (χ3v) is 3.56. The molecule has 0 amide bonds. The first-order valence-electron chi connectivity index (χ1n) is 3.74. The molecule has 0 aliphatic carbocycles. The van der Waals surface area contributed by atoms with Crippen molar-refractivity contribution in [1.29, 1.82) is 0 Å². The SMILES string of the molecule is CC(N(C)C)C(C)([O][Sn])C(F)(F)F. The maximum atomic E-state index is 12.6. The molecule has 0 rings (SSSR count). The first kappa shape index (κ1) is 13.5. The molecule has 2 atom stereocenters. The minimum atomic E-state index is -4.33. The van der Waals surface area contributed by atoms with Crippen LogP contribution in [0, 0.1) is 0 Å². The van der Waals surface area contributed by atoms with Crippen LogP contribution in [0.5, 0.6) is 0 Å². The standard InChI is InChI=1S/C7H13F3NO.Sn/c1-5(11(3)4)6(2,12)7(8,9)10;/h5H,1-4H3;/q-1;+1. The zero-order chi connectivity index (χ0) is 10.9. The van der Waals surface area contributed by atoms with E-state index in [-0.39, 0.29) is 0 Å². The molecule has 0 spiro atoms. The number of hydrogen-bond donors (Lipinski definition) is 0. The van der Waals surface area contributed by atoms with Crippen molar-refractivity contribution in [3.8, 4) is 0 Å². The molecule has 0 bridgehead atoms. The third-order valence-electron chi connectivity index (χ3n) is 2.35. The van der Waals surface area contributed by atoms with E-state index in [0.717, 1.165) is 6.92 Å². The van der Waals surface area contributed by atoms with Crippen molar-refractivity contribution in [3.63, 3.8) is 0 Å². The first-order valence-corrected chi connectivity index (χ1v) is 4.91. The summed E-state index contributed by atoms with van der Waals surface area (Å²) in [5.41, 5.74) is -2.07. The van der Waals surface area contributed by atoms with Crippen molar-refractivity contribution in [2.24, 2.45) is 0 Å². The molecule has 0 aromatic rings. The van der Waals surface area contributed by atoms with Crippen LogP contribution in [0.15, 0.2) is 0 Å². The zero-order valence-corrected chi connectivity index (χ0v) is 10.9. The van der Waals surface area contributed by atoms with E-state index >= 15 is 0 Å². The van der Waals surface area contributed by atoms with Crippen molar-refractivity contribution in [2.75, 3.05) is 14.1 Å². The molecule has 0 N–H and O–H groups in total. The Labute approximate surface area is 90.1 Å². The molecule has 13 heavy (non-hydrogen) atoms. The molecule has 0 aliphatic rings. The van der Waals surface area contributed by atoms with Gasteiger partial charge in [0.25, 0.3) is 0 Å². The van der Waals surface area contributed by atoms with Gasteiger partial charge < -0.3 is 0 Å². The predicted molar refractivity (Wildman–Crippen MR) is 44.4 cm³/mol. The van der Waals surface area contributed by atoms with Crippen LogP contribution in [0.1, 0.15) is 13.8 Å². The Bertz CT molecular complexity index is 174. The van der Waals surface area contributed by atoms with Crippen LogP contribution in [0.4, 0.5) is 13.2 Å². The van der Waals surface area contributed by atoms with E-state index in [1.807, 2.05) is 0 Å². The number of alkyl halides is 3. The fourth-order valence-corrected chi connectivity index (χ4v) is 1.69. The second-order valence-corrected chi connectivity index (χ2v) is 3.93. The third kappa shape index (κ3) is 2.73. The fraction of sp³-hybridized carbons (Fsp3) is 1.00. The Morgan fingerprint density at radius 3 is 1.77 bits per heavy atom. The van der Waals surface area contributed by atoms with E-state index in [1.165, 1.54) is 11.8 Å². The van der Waals surface area contributed by atoms with E-state index in [1.54, 1.807) is 14.1 Å². The number of halogens is 3. The summed E-state index contributed by atoms with van der Waals surface area (Å²) in [6, 6.07) is -0.702. The van der Waals surface area contributed by atoms with Crippen LogP contribution in [-0.4, -0.2) is 59.8 Å². The molecule has 6 heteroatoms. The number of nitrogens with zero attached hydrogens (tertiary/aromatic N) is 1. The Kier molecular flexibility index (Phi) is 4.52. The molecule has 0 aromatic heterocycles. The van der Waals surface area contributed by atoms with E-state index in [9.17, 15) is 13.2 Å². The Balaban J connectivity index is 4.84. The average molecular weight is 303 g/mol. The van der Waals surface area contributed by atoms with Crippen molar-refractivity contribution < 1.29 is 16.2 Å². The monoisotopic (exact) mass is 304 g/mol. The van der Waals surface area contributed by atoms with Gasteiger partial charge in [0.05, 0.1) is 0 Å². The van der Waals surface area contributed by atoms with Gasteiger partial charge in [-0.2, -0.15) is 0 Å². The van der Waals surface area contributed by atoms with Gasteiger partial charge in [0.2, 0.25) is 0 Å². The van der Waals surface area contributed by atoms with Gasteiger partial charge in [-0.3, -0.25) is 0 Å². The van der Waals surface area contributed by atoms with Gasteiger partial charge in [-0.1, -0.05) is 0 Å². The summed E-state index contributed by atoms with van der Waals surface area (Å²) in [4.78, 5) is 1.50. The van der Waals surface area contributed by atoms with Crippen LogP contribution in [-0.2, 0) is 3.07 Å². The summed E-state index contributed by atoms with van der Waals surface area (Å²) in [6.07, 6.45) is -4.33. The summed E-state index contributed by atoms with van der Waals surface area (Å²) < 4.78 is 42.4. The molecule has 2 unspecified atom stereocenters. The quantitative estimate of drug-likeness (QED) is 0.730. The summed E-state index contributed by atoms with van der Waals surface area (Å²) in [7, 11) is 3.20. The average Bonchev–Trinajstić information content (AvgIpc) is 1.99. The molecule has 77 valence electrons. The van der Waals surface area contributed by atoms with E-state index in [2.05, 4.69) is 3.07 Å². The maximum absolute atomic E-state index is 12.6. The second-order valence-electron chi connectivity index (χ2n) is 3.35. The Hall–Kier alpha value is 0.509. The predicted octanol–water partition coefficient (Wildman–Crippen LogP) is 1.36. The zero-order valence-electron chi connectivity index (χ0n) is 8.07. The number of rotatable bonds is 3. The molecule has 3 radical (unpaired) electrons. The molecule has 0 heterocycles. The van der Waals surface area contributed by atoms with E-state index in [0.29, 0.717) is 22.9 Å². The van der Waals surface area contributed by atoms with Crippen LogP contribution < -0.4 is 0 Å².